The minimum atomic E-state index is -0.301. The summed E-state index contributed by atoms with van der Waals surface area (Å²) in [5.74, 6) is 0.206. The molecule has 2 aromatic rings. The van der Waals surface area contributed by atoms with Crippen molar-refractivity contribution < 1.29 is 4.79 Å². The van der Waals surface area contributed by atoms with Crippen LogP contribution in [-0.4, -0.2) is 5.78 Å². The standard InChI is InChI=1S/C13H14OS/c1-13(2,3)12(14)10-5-4-9-6-7-15-11(9)8-10/h4-8H,1-3H3. The first-order valence-corrected chi connectivity index (χ1v) is 5.88. The Morgan fingerprint density at radius 2 is 1.93 bits per heavy atom. The summed E-state index contributed by atoms with van der Waals surface area (Å²) < 4.78 is 1.19. The van der Waals surface area contributed by atoms with E-state index in [0.717, 1.165) is 5.56 Å². The molecule has 78 valence electrons. The van der Waals surface area contributed by atoms with Crippen LogP contribution in [-0.2, 0) is 0 Å². The molecule has 0 unspecified atom stereocenters. The Labute approximate surface area is 93.7 Å². The largest absolute Gasteiger partial charge is 0.294 e. The number of carbonyl (C=O) groups is 1. The number of fused-ring (bicyclic) bond motifs is 1. The molecular weight excluding hydrogens is 204 g/mol. The highest BCUT2D eigenvalue weighted by Crippen LogP contribution is 2.26. The molecule has 0 spiro atoms. The summed E-state index contributed by atoms with van der Waals surface area (Å²) in [7, 11) is 0. The lowest BCUT2D eigenvalue weighted by Gasteiger charge is -2.16. The summed E-state index contributed by atoms with van der Waals surface area (Å²) in [6, 6.07) is 8.01. The van der Waals surface area contributed by atoms with Crippen LogP contribution in [0.5, 0.6) is 0 Å². The van der Waals surface area contributed by atoms with Crippen LogP contribution in [0.1, 0.15) is 31.1 Å². The quantitative estimate of drug-likeness (QED) is 0.658. The van der Waals surface area contributed by atoms with E-state index >= 15 is 0 Å². The molecule has 0 amide bonds. The van der Waals surface area contributed by atoms with Crippen molar-refractivity contribution in [1.82, 2.24) is 0 Å². The van der Waals surface area contributed by atoms with Crippen LogP contribution in [0.25, 0.3) is 10.1 Å². The number of rotatable bonds is 1. The van der Waals surface area contributed by atoms with Gasteiger partial charge in [0.05, 0.1) is 0 Å². The third-order valence-corrected chi connectivity index (χ3v) is 3.28. The molecule has 0 bridgehead atoms. The van der Waals surface area contributed by atoms with Crippen molar-refractivity contribution in [3.05, 3.63) is 35.2 Å². The molecule has 1 heterocycles. The summed E-state index contributed by atoms with van der Waals surface area (Å²) in [6.07, 6.45) is 0. The highest BCUT2D eigenvalue weighted by molar-refractivity contribution is 7.17. The van der Waals surface area contributed by atoms with E-state index in [-0.39, 0.29) is 11.2 Å². The van der Waals surface area contributed by atoms with Gasteiger partial charge in [-0.25, -0.2) is 0 Å². The molecule has 0 aliphatic rings. The van der Waals surface area contributed by atoms with Gasteiger partial charge >= 0.3 is 0 Å². The van der Waals surface area contributed by atoms with Gasteiger partial charge in [-0.1, -0.05) is 32.9 Å². The molecule has 2 heteroatoms. The summed E-state index contributed by atoms with van der Waals surface area (Å²) in [5, 5.41) is 3.26. The molecule has 0 saturated carbocycles. The Kier molecular flexibility index (Phi) is 2.39. The summed E-state index contributed by atoms with van der Waals surface area (Å²) in [4.78, 5) is 12.0. The Morgan fingerprint density at radius 3 is 2.60 bits per heavy atom. The maximum atomic E-state index is 12.0. The van der Waals surface area contributed by atoms with E-state index in [0.29, 0.717) is 0 Å². The highest BCUT2D eigenvalue weighted by atomic mass is 32.1. The van der Waals surface area contributed by atoms with Crippen molar-refractivity contribution in [2.45, 2.75) is 20.8 Å². The van der Waals surface area contributed by atoms with Crippen LogP contribution < -0.4 is 0 Å². The fourth-order valence-electron chi connectivity index (χ4n) is 1.53. The number of hydrogen-bond donors (Lipinski definition) is 0. The molecule has 0 fully saturated rings. The van der Waals surface area contributed by atoms with Gasteiger partial charge in [-0.15, -0.1) is 11.3 Å². The van der Waals surface area contributed by atoms with E-state index in [1.54, 1.807) is 11.3 Å². The van der Waals surface area contributed by atoms with E-state index in [2.05, 4.69) is 11.4 Å². The van der Waals surface area contributed by atoms with Crippen molar-refractivity contribution in [2.75, 3.05) is 0 Å². The minimum absolute atomic E-state index is 0.206. The predicted molar refractivity (Wildman–Crippen MR) is 65.6 cm³/mol. The second-order valence-corrected chi connectivity index (χ2v) is 5.70. The molecule has 0 saturated heterocycles. The molecule has 0 aliphatic carbocycles. The molecular formula is C13H14OS. The maximum Gasteiger partial charge on any atom is 0.168 e. The summed E-state index contributed by atoms with van der Waals surface area (Å²) >= 11 is 1.68. The normalized spacial score (nSPS) is 11.9. The van der Waals surface area contributed by atoms with Crippen molar-refractivity contribution in [2.24, 2.45) is 5.41 Å². The number of benzene rings is 1. The number of thiophene rings is 1. The molecule has 15 heavy (non-hydrogen) atoms. The zero-order valence-electron chi connectivity index (χ0n) is 9.20. The Morgan fingerprint density at radius 1 is 1.20 bits per heavy atom. The van der Waals surface area contributed by atoms with Gasteiger partial charge in [-0.2, -0.15) is 0 Å². The SMILES string of the molecule is CC(C)(C)C(=O)c1ccc2ccsc2c1. The summed E-state index contributed by atoms with van der Waals surface area (Å²) in [5.41, 5.74) is 0.516. The van der Waals surface area contributed by atoms with Gasteiger partial charge in [0.25, 0.3) is 0 Å². The van der Waals surface area contributed by atoms with E-state index in [1.807, 2.05) is 39.0 Å². The van der Waals surface area contributed by atoms with Crippen LogP contribution in [0.4, 0.5) is 0 Å². The fourth-order valence-corrected chi connectivity index (χ4v) is 2.36. The first kappa shape index (κ1) is 10.4. The van der Waals surface area contributed by atoms with Gasteiger partial charge in [0, 0.05) is 15.7 Å². The molecule has 0 atom stereocenters. The van der Waals surface area contributed by atoms with Gasteiger partial charge < -0.3 is 0 Å². The molecule has 2 rings (SSSR count). The van der Waals surface area contributed by atoms with Crippen molar-refractivity contribution in [1.29, 1.82) is 0 Å². The van der Waals surface area contributed by atoms with E-state index in [4.69, 9.17) is 0 Å². The third kappa shape index (κ3) is 1.95. The molecule has 0 N–H and O–H groups in total. The van der Waals surface area contributed by atoms with Crippen LogP contribution in [0, 0.1) is 5.41 Å². The second-order valence-electron chi connectivity index (χ2n) is 4.75. The van der Waals surface area contributed by atoms with Crippen molar-refractivity contribution in [3.63, 3.8) is 0 Å². The molecule has 0 radical (unpaired) electrons. The van der Waals surface area contributed by atoms with Crippen LogP contribution in [0.2, 0.25) is 0 Å². The van der Waals surface area contributed by atoms with E-state index in [9.17, 15) is 4.79 Å². The number of hydrogen-bond acceptors (Lipinski definition) is 2. The average molecular weight is 218 g/mol. The Hall–Kier alpha value is -1.15. The number of Topliss-reactive ketones (excluding diaryl/α,β-unsaturated/α-hetero) is 1. The number of carbonyl (C=O) groups excluding carboxylic acids is 1. The zero-order chi connectivity index (χ0) is 11.1. The second kappa shape index (κ2) is 3.46. The Bertz CT molecular complexity index is 502. The van der Waals surface area contributed by atoms with E-state index < -0.39 is 0 Å². The van der Waals surface area contributed by atoms with Crippen LogP contribution >= 0.6 is 11.3 Å². The third-order valence-electron chi connectivity index (χ3n) is 2.40. The number of ketones is 1. The van der Waals surface area contributed by atoms with Gasteiger partial charge in [-0.3, -0.25) is 4.79 Å². The molecule has 1 aromatic carbocycles. The predicted octanol–water partition coefficient (Wildman–Crippen LogP) is 4.13. The lowest BCUT2D eigenvalue weighted by atomic mass is 9.86. The van der Waals surface area contributed by atoms with Gasteiger partial charge in [0.15, 0.2) is 5.78 Å². The van der Waals surface area contributed by atoms with Gasteiger partial charge in [0.1, 0.15) is 0 Å². The highest BCUT2D eigenvalue weighted by Gasteiger charge is 2.22. The smallest absolute Gasteiger partial charge is 0.168 e. The monoisotopic (exact) mass is 218 g/mol. The Balaban J connectivity index is 2.49. The van der Waals surface area contributed by atoms with E-state index in [1.165, 1.54) is 10.1 Å². The lowest BCUT2D eigenvalue weighted by Crippen LogP contribution is -2.19. The maximum absolute atomic E-state index is 12.0. The lowest BCUT2D eigenvalue weighted by molar-refractivity contribution is 0.0858. The minimum Gasteiger partial charge on any atom is -0.294 e. The molecule has 1 aromatic heterocycles. The molecule has 1 nitrogen and oxygen atoms in total. The van der Waals surface area contributed by atoms with Crippen LogP contribution in [0.15, 0.2) is 29.6 Å². The average Bonchev–Trinajstić information content (AvgIpc) is 2.61. The first-order chi connectivity index (χ1) is 6.98. The van der Waals surface area contributed by atoms with Gasteiger partial charge in [0.2, 0.25) is 0 Å². The van der Waals surface area contributed by atoms with Crippen LogP contribution in [0.3, 0.4) is 0 Å². The van der Waals surface area contributed by atoms with Crippen molar-refractivity contribution in [3.8, 4) is 0 Å². The zero-order valence-corrected chi connectivity index (χ0v) is 10.0. The summed E-state index contributed by atoms with van der Waals surface area (Å²) in [6.45, 7) is 5.86. The topological polar surface area (TPSA) is 17.1 Å². The first-order valence-electron chi connectivity index (χ1n) is 5.00. The molecule has 0 aliphatic heterocycles. The van der Waals surface area contributed by atoms with Gasteiger partial charge in [-0.05, 0) is 22.9 Å². The fraction of sp³-hybridized carbons (Fsp3) is 0.308. The van der Waals surface area contributed by atoms with Crippen molar-refractivity contribution >= 4 is 27.2 Å².